The molecule has 0 aliphatic heterocycles. The third kappa shape index (κ3) is 2.69. The van der Waals surface area contributed by atoms with Crippen molar-refractivity contribution in [3.8, 4) is 0 Å². The van der Waals surface area contributed by atoms with Crippen LogP contribution in [-0.2, 0) is 10.0 Å². The van der Waals surface area contributed by atoms with Gasteiger partial charge < -0.3 is 0 Å². The molecule has 1 aliphatic carbocycles. The maximum Gasteiger partial charge on any atom is 0.235 e. The van der Waals surface area contributed by atoms with Gasteiger partial charge in [0.2, 0.25) is 10.0 Å². The summed E-state index contributed by atoms with van der Waals surface area (Å²) in [5.41, 5.74) is 0.258. The summed E-state index contributed by atoms with van der Waals surface area (Å²) in [6.07, 6.45) is 1.37. The van der Waals surface area contributed by atoms with Crippen LogP contribution in [0.2, 0.25) is 0 Å². The van der Waals surface area contributed by atoms with Crippen molar-refractivity contribution in [2.45, 2.75) is 18.1 Å². The minimum atomic E-state index is -3.31. The normalized spacial score (nSPS) is 16.4. The third-order valence-corrected chi connectivity index (χ3v) is 4.41. The molecule has 6 heteroatoms. The molecule has 0 spiro atoms. The van der Waals surface area contributed by atoms with E-state index in [-0.39, 0.29) is 10.9 Å². The Labute approximate surface area is 95.9 Å². The molecule has 1 N–H and O–H groups in total. The minimum absolute atomic E-state index is 0.258. The van der Waals surface area contributed by atoms with Crippen LogP contribution in [-0.4, -0.2) is 13.7 Å². The van der Waals surface area contributed by atoms with Crippen LogP contribution in [0.3, 0.4) is 0 Å². The number of hydrogen-bond acceptors (Lipinski definition) is 2. The van der Waals surface area contributed by atoms with Gasteiger partial charge in [0.25, 0.3) is 0 Å². The lowest BCUT2D eigenvalue weighted by Gasteiger charge is -2.07. The first-order valence-electron chi connectivity index (χ1n) is 4.45. The molecule has 82 valence electrons. The fourth-order valence-corrected chi connectivity index (χ4v) is 3.07. The summed E-state index contributed by atoms with van der Waals surface area (Å²) in [5.74, 6) is -0.474. The lowest BCUT2D eigenvalue weighted by molar-refractivity contribution is 0.600. The van der Waals surface area contributed by atoms with E-state index in [0.717, 1.165) is 6.07 Å². The summed E-state index contributed by atoms with van der Waals surface area (Å²) in [6, 6.07) is 3.96. The van der Waals surface area contributed by atoms with E-state index in [1.54, 1.807) is 0 Å². The van der Waals surface area contributed by atoms with E-state index in [2.05, 4.69) is 20.7 Å². The first kappa shape index (κ1) is 10.9. The van der Waals surface area contributed by atoms with Gasteiger partial charge in [-0.3, -0.25) is 4.72 Å². The molecule has 0 radical (unpaired) electrons. The second-order valence-electron chi connectivity index (χ2n) is 3.50. The Morgan fingerprint density at radius 1 is 1.33 bits per heavy atom. The van der Waals surface area contributed by atoms with E-state index in [0.29, 0.717) is 17.3 Å². The maximum absolute atomic E-state index is 13.0. The van der Waals surface area contributed by atoms with Crippen LogP contribution in [0.25, 0.3) is 0 Å². The lowest BCUT2D eigenvalue weighted by atomic mass is 10.3. The first-order chi connectivity index (χ1) is 6.97. The number of hydrogen-bond donors (Lipinski definition) is 1. The molecule has 1 aromatic carbocycles. The van der Waals surface area contributed by atoms with Crippen LogP contribution in [0, 0.1) is 5.82 Å². The highest BCUT2D eigenvalue weighted by atomic mass is 79.9. The predicted octanol–water partition coefficient (Wildman–Crippen LogP) is 2.49. The van der Waals surface area contributed by atoms with Crippen molar-refractivity contribution >= 4 is 31.6 Å². The molecule has 0 unspecified atom stereocenters. The fourth-order valence-electron chi connectivity index (χ4n) is 1.24. The Hall–Kier alpha value is -0.620. The summed E-state index contributed by atoms with van der Waals surface area (Å²) in [4.78, 5) is 0. The van der Waals surface area contributed by atoms with Crippen molar-refractivity contribution < 1.29 is 12.8 Å². The topological polar surface area (TPSA) is 46.2 Å². The number of halogens is 2. The van der Waals surface area contributed by atoms with E-state index in [4.69, 9.17) is 0 Å². The smallest absolute Gasteiger partial charge is 0.235 e. The molecule has 1 saturated carbocycles. The molecule has 0 saturated heterocycles. The average Bonchev–Trinajstić information content (AvgIpc) is 2.80. The lowest BCUT2D eigenvalue weighted by Crippen LogP contribution is -2.17. The fraction of sp³-hybridized carbons (Fsp3) is 0.333. The summed E-state index contributed by atoms with van der Waals surface area (Å²) >= 11 is 3.10. The quantitative estimate of drug-likeness (QED) is 0.931. The van der Waals surface area contributed by atoms with Crippen LogP contribution in [0.15, 0.2) is 22.7 Å². The maximum atomic E-state index is 13.0. The van der Waals surface area contributed by atoms with Gasteiger partial charge in [0.1, 0.15) is 5.82 Å². The van der Waals surface area contributed by atoms with Crippen LogP contribution >= 0.6 is 15.9 Å². The number of nitrogens with one attached hydrogen (secondary N) is 1. The first-order valence-corrected chi connectivity index (χ1v) is 6.79. The molecule has 0 amide bonds. The average molecular weight is 294 g/mol. The van der Waals surface area contributed by atoms with E-state index in [9.17, 15) is 12.8 Å². The van der Waals surface area contributed by atoms with Crippen LogP contribution in [0.4, 0.5) is 10.1 Å². The Kier molecular flexibility index (Phi) is 2.72. The van der Waals surface area contributed by atoms with Crippen molar-refractivity contribution in [2.24, 2.45) is 0 Å². The van der Waals surface area contributed by atoms with E-state index >= 15 is 0 Å². The summed E-state index contributed by atoms with van der Waals surface area (Å²) < 4.78 is 38.9. The van der Waals surface area contributed by atoms with Crippen molar-refractivity contribution in [2.75, 3.05) is 4.72 Å². The van der Waals surface area contributed by atoms with Gasteiger partial charge in [-0.15, -0.1) is 0 Å². The monoisotopic (exact) mass is 293 g/mol. The van der Waals surface area contributed by atoms with Gasteiger partial charge in [0.15, 0.2) is 0 Å². The molecule has 0 atom stereocenters. The molecule has 2 rings (SSSR count). The SMILES string of the molecule is O=S(=O)(Nc1cc(F)cc(Br)c1)C1CC1. The van der Waals surface area contributed by atoms with Crippen molar-refractivity contribution in [1.29, 1.82) is 0 Å². The Bertz CT molecular complexity index is 465. The Balaban J connectivity index is 2.23. The molecule has 3 nitrogen and oxygen atoms in total. The van der Waals surface area contributed by atoms with Gasteiger partial charge in [-0.05, 0) is 31.0 Å². The van der Waals surface area contributed by atoms with Gasteiger partial charge >= 0.3 is 0 Å². The van der Waals surface area contributed by atoms with E-state index < -0.39 is 15.8 Å². The Morgan fingerprint density at radius 3 is 2.53 bits per heavy atom. The molecule has 1 aromatic rings. The molecule has 0 bridgehead atoms. The number of rotatable bonds is 3. The largest absolute Gasteiger partial charge is 0.283 e. The summed E-state index contributed by atoms with van der Waals surface area (Å²) in [6.45, 7) is 0. The second kappa shape index (κ2) is 3.75. The van der Waals surface area contributed by atoms with Gasteiger partial charge in [-0.2, -0.15) is 0 Å². The molecule has 0 heterocycles. The van der Waals surface area contributed by atoms with E-state index in [1.807, 2.05) is 0 Å². The van der Waals surface area contributed by atoms with Crippen LogP contribution in [0.1, 0.15) is 12.8 Å². The Morgan fingerprint density at radius 2 is 2.00 bits per heavy atom. The highest BCUT2D eigenvalue weighted by Crippen LogP contribution is 2.30. The zero-order chi connectivity index (χ0) is 11.1. The molecular weight excluding hydrogens is 285 g/mol. The van der Waals surface area contributed by atoms with Gasteiger partial charge in [0, 0.05) is 4.47 Å². The minimum Gasteiger partial charge on any atom is -0.283 e. The zero-order valence-electron chi connectivity index (χ0n) is 7.70. The molecule has 0 aromatic heterocycles. The van der Waals surface area contributed by atoms with Crippen molar-refractivity contribution in [3.05, 3.63) is 28.5 Å². The predicted molar refractivity (Wildman–Crippen MR) is 59.7 cm³/mol. The van der Waals surface area contributed by atoms with Crippen molar-refractivity contribution in [3.63, 3.8) is 0 Å². The number of anilines is 1. The summed E-state index contributed by atoms with van der Waals surface area (Å²) in [5, 5.41) is -0.306. The number of sulfonamides is 1. The second-order valence-corrected chi connectivity index (χ2v) is 6.38. The molecule has 1 fully saturated rings. The highest BCUT2D eigenvalue weighted by molar-refractivity contribution is 9.10. The van der Waals surface area contributed by atoms with Crippen LogP contribution < -0.4 is 4.72 Å². The molecule has 15 heavy (non-hydrogen) atoms. The number of benzene rings is 1. The van der Waals surface area contributed by atoms with Gasteiger partial charge in [-0.25, -0.2) is 12.8 Å². The van der Waals surface area contributed by atoms with Gasteiger partial charge in [-0.1, -0.05) is 15.9 Å². The zero-order valence-corrected chi connectivity index (χ0v) is 10.1. The van der Waals surface area contributed by atoms with Gasteiger partial charge in [0.05, 0.1) is 10.9 Å². The van der Waals surface area contributed by atoms with Crippen LogP contribution in [0.5, 0.6) is 0 Å². The standard InChI is InChI=1S/C9H9BrFNO2S/c10-6-3-7(11)5-8(4-6)12-15(13,14)9-1-2-9/h3-5,9,12H,1-2H2. The van der Waals surface area contributed by atoms with E-state index in [1.165, 1.54) is 12.1 Å². The molecular formula is C9H9BrFNO2S. The highest BCUT2D eigenvalue weighted by Gasteiger charge is 2.35. The summed E-state index contributed by atoms with van der Waals surface area (Å²) in [7, 11) is -3.31. The third-order valence-electron chi connectivity index (χ3n) is 2.09. The van der Waals surface area contributed by atoms with Crippen molar-refractivity contribution in [1.82, 2.24) is 0 Å². The molecule has 1 aliphatic rings.